The van der Waals surface area contributed by atoms with Gasteiger partial charge in [0.1, 0.15) is 5.60 Å². The topological polar surface area (TPSA) is 89.6 Å². The molecule has 21 heavy (non-hydrogen) atoms. The van der Waals surface area contributed by atoms with Gasteiger partial charge in [-0.15, -0.1) is 0 Å². The van der Waals surface area contributed by atoms with Crippen molar-refractivity contribution in [2.75, 3.05) is 0 Å². The van der Waals surface area contributed by atoms with E-state index < -0.39 is 29.5 Å². The Balaban J connectivity index is 3.07. The van der Waals surface area contributed by atoms with E-state index in [-0.39, 0.29) is 6.42 Å². The summed E-state index contributed by atoms with van der Waals surface area (Å²) in [6, 6.07) is 5.68. The van der Waals surface area contributed by atoms with Crippen LogP contribution >= 0.6 is 11.6 Å². The van der Waals surface area contributed by atoms with Crippen molar-refractivity contribution in [3.05, 3.63) is 34.9 Å². The number of nitrogens with two attached hydrogens (primary N) is 1. The minimum atomic E-state index is -1.06. The molecule has 0 saturated carbocycles. The molecular weight excluding hydrogens is 294 g/mol. The number of aliphatic carboxylic acids is 1. The van der Waals surface area contributed by atoms with E-state index in [1.165, 1.54) is 0 Å². The van der Waals surface area contributed by atoms with Crippen molar-refractivity contribution >= 4 is 23.5 Å². The Labute approximate surface area is 129 Å². The van der Waals surface area contributed by atoms with Crippen LogP contribution in [0.4, 0.5) is 0 Å². The van der Waals surface area contributed by atoms with E-state index in [1.54, 1.807) is 45.0 Å². The van der Waals surface area contributed by atoms with E-state index in [0.29, 0.717) is 10.6 Å². The zero-order valence-electron chi connectivity index (χ0n) is 12.3. The molecule has 0 aliphatic rings. The maximum atomic E-state index is 12.3. The lowest BCUT2D eigenvalue weighted by molar-refractivity contribution is -0.157. The molecule has 0 heterocycles. The number of hydrogen-bond donors (Lipinski definition) is 2. The molecule has 0 bridgehead atoms. The summed E-state index contributed by atoms with van der Waals surface area (Å²) in [5.41, 5.74) is 5.80. The van der Waals surface area contributed by atoms with Crippen LogP contribution in [0.15, 0.2) is 24.3 Å². The van der Waals surface area contributed by atoms with Gasteiger partial charge >= 0.3 is 11.9 Å². The highest BCUT2D eigenvalue weighted by molar-refractivity contribution is 6.30. The molecule has 0 aliphatic carbocycles. The SMILES string of the molecule is CC(C)(C)OC(=O)[C@@H](c1ccc(Cl)cc1)[C@H](N)CC(=O)O. The fourth-order valence-electron chi connectivity index (χ4n) is 1.91. The van der Waals surface area contributed by atoms with Crippen molar-refractivity contribution in [1.82, 2.24) is 0 Å². The summed E-state index contributed by atoms with van der Waals surface area (Å²) in [6.45, 7) is 5.23. The van der Waals surface area contributed by atoms with Crippen LogP contribution in [0.3, 0.4) is 0 Å². The standard InChI is InChI=1S/C15H20ClNO4/c1-15(2,3)21-14(20)13(11(17)8-12(18)19)9-4-6-10(16)7-5-9/h4-7,11,13H,8,17H2,1-3H3,(H,18,19)/t11-,13+/m1/s1. The van der Waals surface area contributed by atoms with Gasteiger partial charge < -0.3 is 15.6 Å². The Kier molecular flexibility index (Phi) is 5.75. The third-order valence-electron chi connectivity index (χ3n) is 2.73. The lowest BCUT2D eigenvalue weighted by Crippen LogP contribution is -2.39. The predicted molar refractivity (Wildman–Crippen MR) is 80.3 cm³/mol. The fraction of sp³-hybridized carbons (Fsp3) is 0.467. The van der Waals surface area contributed by atoms with Gasteiger partial charge in [-0.2, -0.15) is 0 Å². The average molecular weight is 314 g/mol. The molecule has 5 nitrogen and oxygen atoms in total. The Morgan fingerprint density at radius 1 is 1.29 bits per heavy atom. The van der Waals surface area contributed by atoms with E-state index >= 15 is 0 Å². The number of carbonyl (C=O) groups excluding carboxylic acids is 1. The van der Waals surface area contributed by atoms with Crippen molar-refractivity contribution in [3.8, 4) is 0 Å². The lowest BCUT2D eigenvalue weighted by atomic mass is 9.90. The molecule has 0 aliphatic heterocycles. The maximum absolute atomic E-state index is 12.3. The Hall–Kier alpha value is -1.59. The Bertz CT molecular complexity index is 507. The van der Waals surface area contributed by atoms with Crippen molar-refractivity contribution in [3.63, 3.8) is 0 Å². The van der Waals surface area contributed by atoms with E-state index in [4.69, 9.17) is 27.2 Å². The number of rotatable bonds is 5. The lowest BCUT2D eigenvalue weighted by Gasteiger charge is -2.27. The van der Waals surface area contributed by atoms with E-state index in [9.17, 15) is 9.59 Å². The second-order valence-corrected chi connectivity index (χ2v) is 6.26. The summed E-state index contributed by atoms with van der Waals surface area (Å²) in [7, 11) is 0. The number of halogens is 1. The van der Waals surface area contributed by atoms with Crippen LogP contribution in [0.5, 0.6) is 0 Å². The quantitative estimate of drug-likeness (QED) is 0.815. The van der Waals surface area contributed by atoms with Crippen molar-refractivity contribution < 1.29 is 19.4 Å². The van der Waals surface area contributed by atoms with Crippen molar-refractivity contribution in [2.24, 2.45) is 5.73 Å². The molecule has 0 aromatic heterocycles. The van der Waals surface area contributed by atoms with Gasteiger partial charge in [0.05, 0.1) is 12.3 Å². The van der Waals surface area contributed by atoms with Crippen molar-refractivity contribution in [1.29, 1.82) is 0 Å². The van der Waals surface area contributed by atoms with Gasteiger partial charge in [0.2, 0.25) is 0 Å². The molecule has 116 valence electrons. The zero-order valence-corrected chi connectivity index (χ0v) is 13.1. The Morgan fingerprint density at radius 3 is 2.24 bits per heavy atom. The number of carbonyl (C=O) groups is 2. The summed E-state index contributed by atoms with van der Waals surface area (Å²) >= 11 is 5.82. The van der Waals surface area contributed by atoms with Gasteiger partial charge in [0.25, 0.3) is 0 Å². The molecule has 0 unspecified atom stereocenters. The third-order valence-corrected chi connectivity index (χ3v) is 2.98. The fourth-order valence-corrected chi connectivity index (χ4v) is 2.04. The molecule has 1 rings (SSSR count). The predicted octanol–water partition coefficient (Wildman–Crippen LogP) is 2.57. The van der Waals surface area contributed by atoms with Gasteiger partial charge in [0, 0.05) is 11.1 Å². The van der Waals surface area contributed by atoms with Crippen molar-refractivity contribution in [2.45, 2.75) is 44.8 Å². The van der Waals surface area contributed by atoms with Gasteiger partial charge in [-0.3, -0.25) is 9.59 Å². The van der Waals surface area contributed by atoms with Crippen LogP contribution in [-0.2, 0) is 14.3 Å². The van der Waals surface area contributed by atoms with E-state index in [2.05, 4.69) is 0 Å². The summed E-state index contributed by atoms with van der Waals surface area (Å²) in [6.07, 6.45) is -0.327. The van der Waals surface area contributed by atoms with Crippen LogP contribution < -0.4 is 5.73 Å². The van der Waals surface area contributed by atoms with Gasteiger partial charge in [0.15, 0.2) is 0 Å². The first-order valence-corrected chi connectivity index (χ1v) is 6.93. The highest BCUT2D eigenvalue weighted by Gasteiger charge is 2.32. The first-order valence-electron chi connectivity index (χ1n) is 6.56. The first-order chi connectivity index (χ1) is 9.60. The largest absolute Gasteiger partial charge is 0.481 e. The first kappa shape index (κ1) is 17.5. The van der Waals surface area contributed by atoms with Crippen LogP contribution in [0.25, 0.3) is 0 Å². The van der Waals surface area contributed by atoms with Crippen LogP contribution in [0.2, 0.25) is 5.02 Å². The zero-order chi connectivity index (χ0) is 16.2. The van der Waals surface area contributed by atoms with Crippen LogP contribution in [0.1, 0.15) is 38.7 Å². The minimum absolute atomic E-state index is 0.327. The summed E-state index contributed by atoms with van der Waals surface area (Å²) in [4.78, 5) is 23.2. The molecule has 3 N–H and O–H groups in total. The summed E-state index contributed by atoms with van der Waals surface area (Å²) in [5.74, 6) is -2.46. The molecule has 0 spiro atoms. The normalized spacial score (nSPS) is 14.3. The molecule has 1 aromatic carbocycles. The molecule has 0 saturated heterocycles. The van der Waals surface area contributed by atoms with Gasteiger partial charge in [-0.05, 0) is 38.5 Å². The number of carboxylic acids is 1. The highest BCUT2D eigenvalue weighted by Crippen LogP contribution is 2.26. The average Bonchev–Trinajstić information content (AvgIpc) is 2.28. The van der Waals surface area contributed by atoms with E-state index in [0.717, 1.165) is 0 Å². The third kappa shape index (κ3) is 5.73. The molecule has 2 atom stereocenters. The van der Waals surface area contributed by atoms with Gasteiger partial charge in [-0.1, -0.05) is 23.7 Å². The molecule has 1 aromatic rings. The molecule has 6 heteroatoms. The summed E-state index contributed by atoms with van der Waals surface area (Å²) < 4.78 is 5.34. The smallest absolute Gasteiger partial charge is 0.315 e. The van der Waals surface area contributed by atoms with Gasteiger partial charge in [-0.25, -0.2) is 0 Å². The number of ether oxygens (including phenoxy) is 1. The minimum Gasteiger partial charge on any atom is -0.481 e. The molecule has 0 fully saturated rings. The second-order valence-electron chi connectivity index (χ2n) is 5.82. The van der Waals surface area contributed by atoms with Crippen LogP contribution in [0, 0.1) is 0 Å². The van der Waals surface area contributed by atoms with Crippen LogP contribution in [-0.4, -0.2) is 28.7 Å². The summed E-state index contributed by atoms with van der Waals surface area (Å²) in [5, 5.41) is 9.41. The second kappa shape index (κ2) is 6.91. The maximum Gasteiger partial charge on any atom is 0.315 e. The number of esters is 1. The Morgan fingerprint density at radius 2 is 1.81 bits per heavy atom. The van der Waals surface area contributed by atoms with E-state index in [1.807, 2.05) is 0 Å². The highest BCUT2D eigenvalue weighted by atomic mass is 35.5. The number of carboxylic acid groups (broad SMARTS) is 1. The number of hydrogen-bond acceptors (Lipinski definition) is 4. The molecule has 0 radical (unpaired) electrons. The monoisotopic (exact) mass is 313 g/mol. The molecular formula is C15H20ClNO4. The number of benzene rings is 1. The molecule has 0 amide bonds.